The quantitative estimate of drug-likeness (QED) is 0.840. The third-order valence-electron chi connectivity index (χ3n) is 5.51. The summed E-state index contributed by atoms with van der Waals surface area (Å²) in [6.45, 7) is 0.402. The Bertz CT molecular complexity index is 624. The molecular formula is C20H28FNO4. The Morgan fingerprint density at radius 2 is 2.12 bits per heavy atom. The first kappa shape index (κ1) is 19.1. The van der Waals surface area contributed by atoms with Gasteiger partial charge in [-0.2, -0.15) is 0 Å². The van der Waals surface area contributed by atoms with Crippen LogP contribution in [0.2, 0.25) is 0 Å². The first-order valence-corrected chi connectivity index (χ1v) is 9.39. The number of fused-ring (bicyclic) bond motifs is 1. The molecule has 0 spiro atoms. The number of hydrogen-bond donors (Lipinski definition) is 1. The number of rotatable bonds is 6. The second kappa shape index (κ2) is 8.82. The Morgan fingerprint density at radius 3 is 2.85 bits per heavy atom. The van der Waals surface area contributed by atoms with Crippen molar-refractivity contribution in [1.82, 2.24) is 5.32 Å². The number of carbonyl (C=O) groups is 1. The number of ether oxygens (including phenoxy) is 3. The molecule has 4 atom stereocenters. The summed E-state index contributed by atoms with van der Waals surface area (Å²) in [4.78, 5) is 12.2. The van der Waals surface area contributed by atoms with Crippen LogP contribution in [0.1, 0.15) is 50.2 Å². The first-order valence-electron chi connectivity index (χ1n) is 9.39. The van der Waals surface area contributed by atoms with Crippen molar-refractivity contribution < 1.29 is 23.4 Å². The van der Waals surface area contributed by atoms with E-state index in [0.29, 0.717) is 36.7 Å². The fourth-order valence-corrected chi connectivity index (χ4v) is 4.16. The van der Waals surface area contributed by atoms with Gasteiger partial charge in [-0.1, -0.05) is 12.8 Å². The van der Waals surface area contributed by atoms with E-state index in [1.165, 1.54) is 13.2 Å². The van der Waals surface area contributed by atoms with Gasteiger partial charge in [-0.15, -0.1) is 0 Å². The highest BCUT2D eigenvalue weighted by molar-refractivity contribution is 5.76. The number of halogens is 1. The van der Waals surface area contributed by atoms with Crippen LogP contribution in [0.4, 0.5) is 4.39 Å². The zero-order chi connectivity index (χ0) is 18.5. The smallest absolute Gasteiger partial charge is 0.222 e. The second-order valence-electron chi connectivity index (χ2n) is 7.15. The highest BCUT2D eigenvalue weighted by Gasteiger charge is 2.41. The topological polar surface area (TPSA) is 56.8 Å². The molecule has 6 heteroatoms. The van der Waals surface area contributed by atoms with Crippen LogP contribution in [-0.4, -0.2) is 38.9 Å². The van der Waals surface area contributed by atoms with Crippen molar-refractivity contribution in [2.75, 3.05) is 20.8 Å². The van der Waals surface area contributed by atoms with Crippen molar-refractivity contribution >= 4 is 5.91 Å². The number of benzene rings is 1. The molecule has 5 nitrogen and oxygen atoms in total. The Kier molecular flexibility index (Phi) is 6.48. The lowest BCUT2D eigenvalue weighted by molar-refractivity contribution is -0.133. The number of hydrogen-bond acceptors (Lipinski definition) is 4. The van der Waals surface area contributed by atoms with Crippen molar-refractivity contribution in [3.05, 3.63) is 29.6 Å². The molecule has 0 bridgehead atoms. The molecule has 144 valence electrons. The van der Waals surface area contributed by atoms with E-state index in [2.05, 4.69) is 5.32 Å². The normalized spacial score (nSPS) is 28.3. The Labute approximate surface area is 154 Å². The van der Waals surface area contributed by atoms with Gasteiger partial charge in [-0.25, -0.2) is 4.39 Å². The predicted octanol–water partition coefficient (Wildman–Crippen LogP) is 3.38. The molecule has 2 fully saturated rings. The molecule has 0 radical (unpaired) electrons. The molecular weight excluding hydrogens is 337 g/mol. The molecule has 1 saturated heterocycles. The van der Waals surface area contributed by atoms with Gasteiger partial charge in [0, 0.05) is 37.1 Å². The van der Waals surface area contributed by atoms with Crippen molar-refractivity contribution in [2.24, 2.45) is 5.92 Å². The van der Waals surface area contributed by atoms with Gasteiger partial charge in [-0.3, -0.25) is 4.79 Å². The Hall–Kier alpha value is -1.66. The highest BCUT2D eigenvalue weighted by atomic mass is 19.1. The predicted molar refractivity (Wildman–Crippen MR) is 95.6 cm³/mol. The van der Waals surface area contributed by atoms with E-state index in [4.69, 9.17) is 14.2 Å². The van der Waals surface area contributed by atoms with E-state index in [0.717, 1.165) is 25.7 Å². The first-order chi connectivity index (χ1) is 12.6. The van der Waals surface area contributed by atoms with Crippen LogP contribution in [0.5, 0.6) is 5.75 Å². The lowest BCUT2D eigenvalue weighted by atomic mass is 9.76. The average molecular weight is 365 g/mol. The minimum Gasteiger partial charge on any atom is -0.497 e. The van der Waals surface area contributed by atoms with Gasteiger partial charge >= 0.3 is 0 Å². The molecule has 1 N–H and O–H groups in total. The maximum Gasteiger partial charge on any atom is 0.222 e. The Balaban J connectivity index is 1.76. The third-order valence-corrected chi connectivity index (χ3v) is 5.51. The van der Waals surface area contributed by atoms with Crippen molar-refractivity contribution in [2.45, 2.75) is 56.8 Å². The zero-order valence-electron chi connectivity index (χ0n) is 15.5. The standard InChI is InChI=1S/C20H28FNO4/c1-24-10-9-20(23)22-17-12-19(26-18-6-4-3-5-15(17)18)14-8-7-13(25-2)11-16(14)21/h7-8,11,15,17-19H,3-6,9-10,12H2,1-2H3,(H,22,23)/t15-,17+,18+,19+/m0/s1. The summed E-state index contributed by atoms with van der Waals surface area (Å²) in [7, 11) is 3.10. The maximum absolute atomic E-state index is 14.5. The van der Waals surface area contributed by atoms with Gasteiger partial charge in [-0.05, 0) is 31.4 Å². The van der Waals surface area contributed by atoms with Crippen LogP contribution in [0, 0.1) is 11.7 Å². The van der Waals surface area contributed by atoms with Gasteiger partial charge in [0.1, 0.15) is 11.6 Å². The van der Waals surface area contributed by atoms with Crippen molar-refractivity contribution in [3.63, 3.8) is 0 Å². The molecule has 26 heavy (non-hydrogen) atoms. The minimum absolute atomic E-state index is 0.00454. The summed E-state index contributed by atoms with van der Waals surface area (Å²) in [6.07, 6.45) is 4.90. The van der Waals surface area contributed by atoms with Gasteiger partial charge in [0.15, 0.2) is 0 Å². The summed E-state index contributed by atoms with van der Waals surface area (Å²) in [5.41, 5.74) is 0.533. The van der Waals surface area contributed by atoms with Crippen molar-refractivity contribution in [3.8, 4) is 5.75 Å². The second-order valence-corrected chi connectivity index (χ2v) is 7.15. The molecule has 0 unspecified atom stereocenters. The van der Waals surface area contributed by atoms with Crippen LogP contribution >= 0.6 is 0 Å². The van der Waals surface area contributed by atoms with E-state index in [-0.39, 0.29) is 30.0 Å². The lowest BCUT2D eigenvalue weighted by Gasteiger charge is -2.45. The Morgan fingerprint density at radius 1 is 1.31 bits per heavy atom. The van der Waals surface area contributed by atoms with Crippen molar-refractivity contribution in [1.29, 1.82) is 0 Å². The average Bonchev–Trinajstić information content (AvgIpc) is 2.66. The third kappa shape index (κ3) is 4.35. The molecule has 1 aromatic rings. The number of methoxy groups -OCH3 is 2. The summed E-state index contributed by atoms with van der Waals surface area (Å²) < 4.78 is 30.9. The van der Waals surface area contributed by atoms with Crippen LogP contribution < -0.4 is 10.1 Å². The van der Waals surface area contributed by atoms with Crippen LogP contribution in [0.3, 0.4) is 0 Å². The summed E-state index contributed by atoms with van der Waals surface area (Å²) in [5.74, 6) is 0.444. The van der Waals surface area contributed by atoms with E-state index in [1.54, 1.807) is 19.2 Å². The molecule has 1 aliphatic carbocycles. The fourth-order valence-electron chi connectivity index (χ4n) is 4.16. The molecule has 3 rings (SSSR count). The van der Waals surface area contributed by atoms with Gasteiger partial charge in [0.2, 0.25) is 5.91 Å². The molecule has 1 aromatic carbocycles. The van der Waals surface area contributed by atoms with E-state index < -0.39 is 0 Å². The number of amides is 1. The summed E-state index contributed by atoms with van der Waals surface area (Å²) in [6, 6.07) is 4.87. The monoisotopic (exact) mass is 365 g/mol. The minimum atomic E-state index is -0.354. The van der Waals surface area contributed by atoms with E-state index in [1.807, 2.05) is 0 Å². The van der Waals surface area contributed by atoms with Gasteiger partial charge in [0.05, 0.1) is 25.9 Å². The molecule has 1 heterocycles. The van der Waals surface area contributed by atoms with Gasteiger partial charge in [0.25, 0.3) is 0 Å². The fraction of sp³-hybridized carbons (Fsp3) is 0.650. The molecule has 1 amide bonds. The number of nitrogens with one attached hydrogen (secondary N) is 1. The molecule has 1 aliphatic heterocycles. The van der Waals surface area contributed by atoms with Crippen LogP contribution in [0.25, 0.3) is 0 Å². The molecule has 0 aromatic heterocycles. The SMILES string of the molecule is COCCC(=O)N[C@@H]1C[C@H](c2ccc(OC)cc2F)O[C@@H]2CCCC[C@@H]12. The highest BCUT2D eigenvalue weighted by Crippen LogP contribution is 2.42. The number of carbonyl (C=O) groups excluding carboxylic acids is 1. The van der Waals surface area contributed by atoms with E-state index in [9.17, 15) is 9.18 Å². The molecule has 1 saturated carbocycles. The lowest BCUT2D eigenvalue weighted by Crippen LogP contribution is -2.51. The van der Waals surface area contributed by atoms with Crippen LogP contribution in [-0.2, 0) is 14.3 Å². The summed E-state index contributed by atoms with van der Waals surface area (Å²) in [5, 5.41) is 3.15. The molecule has 2 aliphatic rings. The van der Waals surface area contributed by atoms with Gasteiger partial charge < -0.3 is 19.5 Å². The van der Waals surface area contributed by atoms with Crippen LogP contribution in [0.15, 0.2) is 18.2 Å². The zero-order valence-corrected chi connectivity index (χ0v) is 15.5. The largest absolute Gasteiger partial charge is 0.497 e. The summed E-state index contributed by atoms with van der Waals surface area (Å²) >= 11 is 0. The maximum atomic E-state index is 14.5. The van der Waals surface area contributed by atoms with E-state index >= 15 is 0 Å².